The number of carbonyl (C=O) groups is 3. The number of alkyl halides is 3. The molecular weight excluding hydrogens is 465 g/mol. The van der Waals surface area contributed by atoms with Crippen LogP contribution < -0.4 is 10.5 Å². The molecule has 0 fully saturated rings. The summed E-state index contributed by atoms with van der Waals surface area (Å²) in [6.45, 7) is 1.61. The molecule has 0 radical (unpaired) electrons. The van der Waals surface area contributed by atoms with Crippen LogP contribution in [0.5, 0.6) is 5.75 Å². The minimum Gasteiger partial charge on any atom is -0.481 e. The maximum atomic E-state index is 12.2. The molecule has 1 unspecified atom stereocenters. The van der Waals surface area contributed by atoms with E-state index in [-0.39, 0.29) is 16.6 Å². The largest absolute Gasteiger partial charge is 0.490 e. The number of ether oxygens (including phenoxy) is 1. The van der Waals surface area contributed by atoms with Crippen molar-refractivity contribution in [2.24, 2.45) is 11.7 Å². The first-order valence-electron chi connectivity index (χ1n) is 8.20. The van der Waals surface area contributed by atoms with Gasteiger partial charge in [-0.3, -0.25) is 10.2 Å². The highest BCUT2D eigenvalue weighted by Crippen LogP contribution is 2.28. The highest BCUT2D eigenvalue weighted by Gasteiger charge is 2.38. The van der Waals surface area contributed by atoms with Crippen LogP contribution >= 0.6 is 22.9 Å². The van der Waals surface area contributed by atoms with E-state index in [0.717, 1.165) is 4.88 Å². The Hall–Kier alpha value is -3.12. The second-order valence-electron chi connectivity index (χ2n) is 5.96. The fourth-order valence-electron chi connectivity index (χ4n) is 1.89. The number of hydrogen-bond donors (Lipinski definition) is 4. The average Bonchev–Trinajstić information content (AvgIpc) is 3.11. The van der Waals surface area contributed by atoms with E-state index in [9.17, 15) is 22.8 Å². The summed E-state index contributed by atoms with van der Waals surface area (Å²) in [6, 6.07) is 7.75. The van der Waals surface area contributed by atoms with Gasteiger partial charge in [0.2, 0.25) is 0 Å². The second kappa shape index (κ2) is 10.8. The number of rotatable bonds is 6. The van der Waals surface area contributed by atoms with Gasteiger partial charge < -0.3 is 20.7 Å². The van der Waals surface area contributed by atoms with Crippen LogP contribution in [0.1, 0.15) is 27.0 Å². The average molecular weight is 481 g/mol. The molecule has 13 heteroatoms. The number of hydrogen-bond acceptors (Lipinski definition) is 6. The molecule has 2 rings (SSSR count). The molecule has 0 aliphatic carbocycles. The van der Waals surface area contributed by atoms with E-state index in [1.807, 2.05) is 0 Å². The Morgan fingerprint density at radius 3 is 2.26 bits per heavy atom. The lowest BCUT2D eigenvalue weighted by Gasteiger charge is -2.06. The summed E-state index contributed by atoms with van der Waals surface area (Å²) in [4.78, 5) is 33.1. The van der Waals surface area contributed by atoms with E-state index < -0.39 is 30.0 Å². The van der Waals surface area contributed by atoms with Crippen molar-refractivity contribution in [2.45, 2.75) is 19.5 Å². The first-order valence-corrected chi connectivity index (χ1v) is 9.39. The van der Waals surface area contributed by atoms with Gasteiger partial charge in [-0.05, 0) is 36.8 Å². The third-order valence-corrected chi connectivity index (χ3v) is 4.86. The lowest BCUT2D eigenvalue weighted by atomic mass is 10.1. The Morgan fingerprint density at radius 1 is 1.23 bits per heavy atom. The van der Waals surface area contributed by atoms with Crippen molar-refractivity contribution in [3.63, 3.8) is 0 Å². The summed E-state index contributed by atoms with van der Waals surface area (Å²) in [5.74, 6) is -4.71. The minimum atomic E-state index is -5.08. The van der Waals surface area contributed by atoms with Crippen molar-refractivity contribution >= 4 is 46.7 Å². The number of aliphatic carboxylic acids is 2. The SMILES string of the molecule is CC(Cc1ccc(C(=O)Oc2ccc(C(=N)N)cc2Cl)s1)C(=O)O.O=C(O)C(F)(F)F. The fraction of sp³-hybridized carbons (Fsp3) is 0.222. The van der Waals surface area contributed by atoms with Crippen LogP contribution in [0.2, 0.25) is 5.02 Å². The lowest BCUT2D eigenvalue weighted by Crippen LogP contribution is -2.21. The van der Waals surface area contributed by atoms with Crippen LogP contribution in [-0.4, -0.2) is 40.1 Å². The van der Waals surface area contributed by atoms with Crippen molar-refractivity contribution in [3.05, 3.63) is 50.7 Å². The number of benzene rings is 1. The van der Waals surface area contributed by atoms with Crippen molar-refractivity contribution in [2.75, 3.05) is 0 Å². The standard InChI is InChI=1S/C16H15ClN2O4S.C2HF3O2/c1-8(15(20)21)6-10-3-5-13(24-10)16(22)23-12-4-2-9(14(18)19)7-11(12)17;3-2(4,5)1(6)7/h2-5,7-8H,6H2,1H3,(H3,18,19)(H,20,21);(H,6,7). The van der Waals surface area contributed by atoms with E-state index in [1.54, 1.807) is 19.1 Å². The Morgan fingerprint density at radius 2 is 1.81 bits per heavy atom. The smallest absolute Gasteiger partial charge is 0.481 e. The third-order valence-electron chi connectivity index (χ3n) is 3.48. The Labute approximate surface area is 182 Å². The van der Waals surface area contributed by atoms with Gasteiger partial charge in [-0.15, -0.1) is 11.3 Å². The predicted octanol–water partition coefficient (Wildman–Crippen LogP) is 3.80. The molecule has 5 N–H and O–H groups in total. The van der Waals surface area contributed by atoms with Gasteiger partial charge in [0.05, 0.1) is 10.9 Å². The van der Waals surface area contributed by atoms with Crippen LogP contribution in [0.25, 0.3) is 0 Å². The molecule has 168 valence electrons. The number of nitrogen functional groups attached to an aromatic ring is 1. The van der Waals surface area contributed by atoms with Crippen LogP contribution in [0.15, 0.2) is 30.3 Å². The number of nitrogens with one attached hydrogen (secondary N) is 1. The van der Waals surface area contributed by atoms with Crippen molar-refractivity contribution in [1.82, 2.24) is 0 Å². The maximum absolute atomic E-state index is 12.2. The van der Waals surface area contributed by atoms with Crippen molar-refractivity contribution in [1.29, 1.82) is 5.41 Å². The van der Waals surface area contributed by atoms with Gasteiger partial charge in [-0.2, -0.15) is 13.2 Å². The van der Waals surface area contributed by atoms with Crippen LogP contribution in [0.3, 0.4) is 0 Å². The lowest BCUT2D eigenvalue weighted by molar-refractivity contribution is -0.192. The van der Waals surface area contributed by atoms with Gasteiger partial charge in [0.25, 0.3) is 0 Å². The number of carboxylic acids is 2. The number of nitrogens with two attached hydrogens (primary N) is 1. The molecule has 1 atom stereocenters. The van der Waals surface area contributed by atoms with Crippen molar-refractivity contribution in [3.8, 4) is 5.75 Å². The zero-order chi connectivity index (χ0) is 23.9. The van der Waals surface area contributed by atoms with E-state index in [2.05, 4.69) is 0 Å². The summed E-state index contributed by atoms with van der Waals surface area (Å²) < 4.78 is 37.0. The van der Waals surface area contributed by atoms with Gasteiger partial charge in [0, 0.05) is 10.4 Å². The van der Waals surface area contributed by atoms with Gasteiger partial charge in [0.1, 0.15) is 16.5 Å². The summed E-state index contributed by atoms with van der Waals surface area (Å²) >= 11 is 7.21. The Balaban J connectivity index is 0.000000592. The Kier molecular flexibility index (Phi) is 9.01. The van der Waals surface area contributed by atoms with Gasteiger partial charge in [-0.25, -0.2) is 9.59 Å². The molecule has 2 aromatic rings. The summed E-state index contributed by atoms with van der Waals surface area (Å²) in [6.07, 6.45) is -4.73. The number of carbonyl (C=O) groups excluding carboxylic acids is 1. The molecule has 0 aliphatic rings. The third kappa shape index (κ3) is 8.26. The highest BCUT2D eigenvalue weighted by molar-refractivity contribution is 7.13. The number of halogens is 4. The molecule has 8 nitrogen and oxygen atoms in total. The molecule has 31 heavy (non-hydrogen) atoms. The number of amidine groups is 1. The molecule has 1 aromatic heterocycles. The van der Waals surface area contributed by atoms with E-state index >= 15 is 0 Å². The van der Waals surface area contributed by atoms with Crippen LogP contribution in [0.4, 0.5) is 13.2 Å². The minimum absolute atomic E-state index is 0.134. The zero-order valence-corrected chi connectivity index (χ0v) is 17.3. The quantitative estimate of drug-likeness (QED) is 0.212. The summed E-state index contributed by atoms with van der Waals surface area (Å²) in [5, 5.41) is 23.6. The Bertz CT molecular complexity index is 993. The maximum Gasteiger partial charge on any atom is 0.490 e. The molecule has 0 aliphatic heterocycles. The molecule has 0 spiro atoms. The zero-order valence-electron chi connectivity index (χ0n) is 15.7. The monoisotopic (exact) mass is 480 g/mol. The summed E-state index contributed by atoms with van der Waals surface area (Å²) in [7, 11) is 0. The van der Waals surface area contributed by atoms with Gasteiger partial charge in [0.15, 0.2) is 0 Å². The van der Waals surface area contributed by atoms with Gasteiger partial charge in [-0.1, -0.05) is 18.5 Å². The molecule has 0 bridgehead atoms. The van der Waals surface area contributed by atoms with Crippen LogP contribution in [0, 0.1) is 11.3 Å². The van der Waals surface area contributed by atoms with Crippen LogP contribution in [-0.2, 0) is 16.0 Å². The normalized spacial score (nSPS) is 11.6. The summed E-state index contributed by atoms with van der Waals surface area (Å²) in [5.41, 5.74) is 5.80. The first-order chi connectivity index (χ1) is 14.2. The molecule has 0 amide bonds. The fourth-order valence-corrected chi connectivity index (χ4v) is 3.12. The number of thiophene rings is 1. The molecule has 1 heterocycles. The number of esters is 1. The highest BCUT2D eigenvalue weighted by atomic mass is 35.5. The predicted molar refractivity (Wildman–Crippen MR) is 106 cm³/mol. The number of carboxylic acid groups (broad SMARTS) is 2. The van der Waals surface area contributed by atoms with E-state index in [1.165, 1.54) is 29.5 Å². The molecule has 0 saturated carbocycles. The molecular formula is C18H16ClF3N2O6S. The van der Waals surface area contributed by atoms with Crippen molar-refractivity contribution < 1.29 is 42.5 Å². The van der Waals surface area contributed by atoms with E-state index in [4.69, 9.17) is 42.5 Å². The molecule has 0 saturated heterocycles. The molecule has 1 aromatic carbocycles. The van der Waals surface area contributed by atoms with Gasteiger partial charge >= 0.3 is 24.1 Å². The topological polar surface area (TPSA) is 151 Å². The van der Waals surface area contributed by atoms with E-state index in [0.29, 0.717) is 16.9 Å². The second-order valence-corrected chi connectivity index (χ2v) is 7.54. The first kappa shape index (κ1) is 25.9.